The Labute approximate surface area is 306 Å². The standard InChI is InChI=1S/C40H56Br2N4O2/c1-3-5-7-9-11-13-15-17-19-21-27-45-37(33-25-23-31(41)29-43-33)35-36(39(45)47)38(34-26-24-32(42)30-44-34)46(40(35)48)28-22-20-18-16-14-12-10-8-6-4-2/h23-26,29-30H,3-22,27-28H2,1-2H3. The molecule has 48 heavy (non-hydrogen) atoms. The van der Waals surface area contributed by atoms with Crippen molar-refractivity contribution in [2.75, 3.05) is 13.1 Å². The number of carbonyl (C=O) groups excluding carboxylic acids is 2. The van der Waals surface area contributed by atoms with Crippen molar-refractivity contribution in [1.82, 2.24) is 19.8 Å². The highest BCUT2D eigenvalue weighted by molar-refractivity contribution is 9.10. The molecule has 6 nitrogen and oxygen atoms in total. The van der Waals surface area contributed by atoms with Gasteiger partial charge in [-0.2, -0.15) is 0 Å². The van der Waals surface area contributed by atoms with Crippen molar-refractivity contribution in [1.29, 1.82) is 0 Å². The summed E-state index contributed by atoms with van der Waals surface area (Å²) in [5.41, 5.74) is 3.55. The molecule has 0 bridgehead atoms. The van der Waals surface area contributed by atoms with Gasteiger partial charge in [0.1, 0.15) is 0 Å². The molecule has 0 radical (unpaired) electrons. The maximum absolute atomic E-state index is 14.4. The van der Waals surface area contributed by atoms with E-state index in [0.717, 1.165) is 34.6 Å². The van der Waals surface area contributed by atoms with Gasteiger partial charge in [-0.05, 0) is 69.0 Å². The lowest BCUT2D eigenvalue weighted by Gasteiger charge is -2.25. The van der Waals surface area contributed by atoms with Crippen molar-refractivity contribution < 1.29 is 9.59 Å². The fraction of sp³-hybridized carbons (Fsp3) is 0.600. The molecule has 4 rings (SSSR count). The molecule has 2 aromatic rings. The lowest BCUT2D eigenvalue weighted by molar-refractivity contribution is -0.124. The number of halogens is 2. The van der Waals surface area contributed by atoms with Crippen molar-refractivity contribution >= 4 is 55.1 Å². The number of hydrogen-bond donors (Lipinski definition) is 0. The quantitative estimate of drug-likeness (QED) is 0.0995. The Morgan fingerprint density at radius 3 is 1.08 bits per heavy atom. The van der Waals surface area contributed by atoms with Crippen LogP contribution in [0.25, 0.3) is 11.4 Å². The molecule has 2 amide bonds. The summed E-state index contributed by atoms with van der Waals surface area (Å²) >= 11 is 7.01. The summed E-state index contributed by atoms with van der Waals surface area (Å²) in [7, 11) is 0. The number of fused-ring (bicyclic) bond motifs is 1. The van der Waals surface area contributed by atoms with Crippen molar-refractivity contribution in [3.63, 3.8) is 0 Å². The highest BCUT2D eigenvalue weighted by atomic mass is 79.9. The van der Waals surface area contributed by atoms with Crippen LogP contribution < -0.4 is 0 Å². The molecule has 0 unspecified atom stereocenters. The summed E-state index contributed by atoms with van der Waals surface area (Å²) in [6.45, 7) is 5.66. The fourth-order valence-corrected chi connectivity index (χ4v) is 7.37. The van der Waals surface area contributed by atoms with E-state index in [1.165, 1.54) is 103 Å². The van der Waals surface area contributed by atoms with Crippen LogP contribution in [0.15, 0.2) is 56.8 Å². The predicted octanol–water partition coefficient (Wildman–Crippen LogP) is 11.7. The van der Waals surface area contributed by atoms with Crippen molar-refractivity contribution in [2.45, 2.75) is 142 Å². The minimum absolute atomic E-state index is 0.112. The molecule has 0 fully saturated rings. The number of unbranched alkanes of at least 4 members (excludes halogenated alkanes) is 18. The zero-order valence-corrected chi connectivity index (χ0v) is 32.6. The van der Waals surface area contributed by atoms with Gasteiger partial charge in [0.25, 0.3) is 11.8 Å². The number of aromatic nitrogens is 2. The van der Waals surface area contributed by atoms with Gasteiger partial charge in [0, 0.05) is 34.4 Å². The molecule has 8 heteroatoms. The Morgan fingerprint density at radius 1 is 0.479 bits per heavy atom. The van der Waals surface area contributed by atoms with E-state index >= 15 is 0 Å². The Morgan fingerprint density at radius 2 is 0.792 bits per heavy atom. The number of rotatable bonds is 24. The number of hydrogen-bond acceptors (Lipinski definition) is 4. The molecular weight excluding hydrogens is 728 g/mol. The molecule has 0 spiro atoms. The van der Waals surface area contributed by atoms with Gasteiger partial charge in [-0.15, -0.1) is 0 Å². The van der Waals surface area contributed by atoms with Crippen molar-refractivity contribution in [3.8, 4) is 0 Å². The van der Waals surface area contributed by atoms with E-state index in [0.29, 0.717) is 47.0 Å². The lowest BCUT2D eigenvalue weighted by atomic mass is 10.1. The Balaban J connectivity index is 1.49. The molecule has 2 aliphatic heterocycles. The molecular formula is C40H56Br2N4O2. The van der Waals surface area contributed by atoms with Crippen LogP contribution in [-0.4, -0.2) is 44.7 Å². The van der Waals surface area contributed by atoms with Gasteiger partial charge >= 0.3 is 0 Å². The predicted molar refractivity (Wildman–Crippen MR) is 205 cm³/mol. The summed E-state index contributed by atoms with van der Waals surface area (Å²) < 4.78 is 1.72. The molecule has 4 heterocycles. The Bertz CT molecular complexity index is 1270. The van der Waals surface area contributed by atoms with Gasteiger partial charge in [-0.3, -0.25) is 19.6 Å². The van der Waals surface area contributed by atoms with Gasteiger partial charge in [-0.1, -0.05) is 129 Å². The van der Waals surface area contributed by atoms with Gasteiger partial charge in [-0.25, -0.2) is 0 Å². The monoisotopic (exact) mass is 782 g/mol. The van der Waals surface area contributed by atoms with E-state index in [9.17, 15) is 9.59 Å². The largest absolute Gasteiger partial charge is 0.305 e. The average Bonchev–Trinajstić information content (AvgIpc) is 3.53. The fourth-order valence-electron chi connectivity index (χ4n) is 6.90. The van der Waals surface area contributed by atoms with Crippen LogP contribution in [0.5, 0.6) is 0 Å². The third-order valence-electron chi connectivity index (χ3n) is 9.59. The maximum Gasteiger partial charge on any atom is 0.261 e. The van der Waals surface area contributed by atoms with Crippen LogP contribution in [0.3, 0.4) is 0 Å². The van der Waals surface area contributed by atoms with E-state index in [1.54, 1.807) is 12.4 Å². The SMILES string of the molecule is CCCCCCCCCCCCN1C(=O)C2=C(c3ccc(Br)cn3)N(CCCCCCCCCCCC)C(=O)C2=C1c1ccc(Br)cn1. The number of nitrogens with zero attached hydrogens (tertiary/aromatic N) is 4. The summed E-state index contributed by atoms with van der Waals surface area (Å²) in [6, 6.07) is 7.67. The summed E-state index contributed by atoms with van der Waals surface area (Å²) in [4.78, 5) is 41.8. The molecule has 0 saturated carbocycles. The Hall–Kier alpha value is -2.32. The van der Waals surface area contributed by atoms with E-state index in [4.69, 9.17) is 0 Å². The van der Waals surface area contributed by atoms with Crippen molar-refractivity contribution in [2.24, 2.45) is 0 Å². The number of amides is 2. The first-order chi connectivity index (χ1) is 23.5. The van der Waals surface area contributed by atoms with Crippen LogP contribution >= 0.6 is 31.9 Å². The van der Waals surface area contributed by atoms with E-state index in [1.807, 2.05) is 34.1 Å². The molecule has 262 valence electrons. The van der Waals surface area contributed by atoms with Gasteiger partial charge < -0.3 is 9.80 Å². The minimum Gasteiger partial charge on any atom is -0.305 e. The smallest absolute Gasteiger partial charge is 0.261 e. The topological polar surface area (TPSA) is 66.4 Å². The molecule has 0 atom stereocenters. The molecule has 0 aromatic carbocycles. The van der Waals surface area contributed by atoms with Gasteiger partial charge in [0.05, 0.1) is 33.9 Å². The summed E-state index contributed by atoms with van der Waals surface area (Å²) in [5.74, 6) is -0.224. The van der Waals surface area contributed by atoms with E-state index in [2.05, 4.69) is 55.7 Å². The van der Waals surface area contributed by atoms with Gasteiger partial charge in [0.2, 0.25) is 0 Å². The zero-order valence-electron chi connectivity index (χ0n) is 29.4. The minimum atomic E-state index is -0.112. The van der Waals surface area contributed by atoms with Crippen LogP contribution in [-0.2, 0) is 9.59 Å². The number of carbonyl (C=O) groups is 2. The first kappa shape index (κ1) is 38.5. The van der Waals surface area contributed by atoms with Crippen LogP contribution in [0.1, 0.15) is 154 Å². The van der Waals surface area contributed by atoms with Gasteiger partial charge in [0.15, 0.2) is 0 Å². The second-order valence-corrected chi connectivity index (χ2v) is 15.3. The molecule has 0 saturated heterocycles. The van der Waals surface area contributed by atoms with Crippen LogP contribution in [0.4, 0.5) is 0 Å². The molecule has 0 aliphatic carbocycles. The highest BCUT2D eigenvalue weighted by Gasteiger charge is 2.49. The lowest BCUT2D eigenvalue weighted by Crippen LogP contribution is -2.31. The van der Waals surface area contributed by atoms with Crippen LogP contribution in [0.2, 0.25) is 0 Å². The van der Waals surface area contributed by atoms with Crippen LogP contribution in [0, 0.1) is 0 Å². The van der Waals surface area contributed by atoms with E-state index in [-0.39, 0.29) is 11.8 Å². The van der Waals surface area contributed by atoms with Crippen molar-refractivity contribution in [3.05, 3.63) is 68.1 Å². The Kier molecular flexibility index (Phi) is 16.9. The molecule has 2 aromatic heterocycles. The first-order valence-electron chi connectivity index (χ1n) is 18.8. The zero-order chi connectivity index (χ0) is 34.1. The summed E-state index contributed by atoms with van der Waals surface area (Å²) in [6.07, 6.45) is 28.0. The third kappa shape index (κ3) is 10.8. The second kappa shape index (κ2) is 21.0. The summed E-state index contributed by atoms with van der Waals surface area (Å²) in [5, 5.41) is 0. The second-order valence-electron chi connectivity index (χ2n) is 13.4. The number of pyridine rings is 2. The van der Waals surface area contributed by atoms with E-state index < -0.39 is 0 Å². The highest BCUT2D eigenvalue weighted by Crippen LogP contribution is 2.46. The average molecular weight is 785 g/mol. The first-order valence-corrected chi connectivity index (χ1v) is 20.4. The maximum atomic E-state index is 14.4. The third-order valence-corrected chi connectivity index (χ3v) is 10.5. The molecule has 0 N–H and O–H groups in total. The normalized spacial score (nSPS) is 14.7. The molecule has 2 aliphatic rings.